The van der Waals surface area contributed by atoms with Crippen LogP contribution in [0, 0.1) is 11.8 Å². The van der Waals surface area contributed by atoms with E-state index in [-0.39, 0.29) is 34.9 Å². The predicted molar refractivity (Wildman–Crippen MR) is 147 cm³/mol. The van der Waals surface area contributed by atoms with Gasteiger partial charge in [-0.2, -0.15) is 0 Å². The highest BCUT2D eigenvalue weighted by atomic mass is 16.6. The summed E-state index contributed by atoms with van der Waals surface area (Å²) >= 11 is 0. The van der Waals surface area contributed by atoms with Crippen molar-refractivity contribution in [3.05, 3.63) is 58.6 Å². The molecule has 0 aromatic heterocycles. The molecule has 2 rings (SSSR count). The molecule has 2 bridgehead atoms. The number of aliphatic hydroxyl groups is 1. The fraction of sp³-hybridized carbons (Fsp3) is 0.517. The zero-order valence-electron chi connectivity index (χ0n) is 24.1. The lowest BCUT2D eigenvalue weighted by Gasteiger charge is -2.29. The van der Waals surface area contributed by atoms with Crippen molar-refractivity contribution in [2.24, 2.45) is 17.6 Å². The van der Waals surface area contributed by atoms with Crippen LogP contribution in [-0.2, 0) is 33.3 Å². The Labute approximate surface area is 234 Å². The first kappa shape index (κ1) is 32.7. The average molecular weight is 561 g/mol. The fourth-order valence-electron chi connectivity index (χ4n) is 4.78. The van der Waals surface area contributed by atoms with Gasteiger partial charge in [0, 0.05) is 37.4 Å². The molecule has 2 aliphatic rings. The Morgan fingerprint density at radius 2 is 1.77 bits per heavy atom. The lowest BCUT2D eigenvalue weighted by Crippen LogP contribution is -2.37. The summed E-state index contributed by atoms with van der Waals surface area (Å²) in [6.07, 6.45) is 3.61. The molecule has 0 fully saturated rings. The lowest BCUT2D eigenvalue weighted by atomic mass is 9.85. The van der Waals surface area contributed by atoms with E-state index in [2.05, 4.69) is 5.32 Å². The number of carbonyl (C=O) groups excluding carboxylic acids is 4. The van der Waals surface area contributed by atoms with E-state index < -0.39 is 53.9 Å². The number of ether oxygens (including phenoxy) is 4. The maximum absolute atomic E-state index is 13.3. The highest BCUT2D eigenvalue weighted by molar-refractivity contribution is 6.23. The smallest absolute Gasteiger partial charge is 0.405 e. The van der Waals surface area contributed by atoms with Crippen LogP contribution in [0.2, 0.25) is 0 Å². The molecule has 1 aliphatic heterocycles. The number of methoxy groups -OCH3 is 3. The van der Waals surface area contributed by atoms with Gasteiger partial charge in [0.2, 0.25) is 11.6 Å². The van der Waals surface area contributed by atoms with Crippen molar-refractivity contribution >= 4 is 23.6 Å². The molecule has 11 heteroatoms. The van der Waals surface area contributed by atoms with Gasteiger partial charge in [0.15, 0.2) is 11.9 Å². The Morgan fingerprint density at radius 1 is 1.10 bits per heavy atom. The molecular formula is C29H40N2O9. The molecule has 6 atom stereocenters. The van der Waals surface area contributed by atoms with Crippen LogP contribution in [-0.4, -0.2) is 74.4 Å². The molecule has 4 N–H and O–H groups in total. The molecule has 0 saturated heterocycles. The normalized spacial score (nSPS) is 32.7. The summed E-state index contributed by atoms with van der Waals surface area (Å²) in [5.41, 5.74) is 6.12. The molecule has 0 aromatic carbocycles. The Kier molecular flexibility index (Phi) is 12.0. The molecule has 11 nitrogen and oxygen atoms in total. The fourth-order valence-corrected chi connectivity index (χ4v) is 4.78. The van der Waals surface area contributed by atoms with E-state index in [1.54, 1.807) is 32.1 Å². The van der Waals surface area contributed by atoms with E-state index in [1.165, 1.54) is 34.3 Å². The van der Waals surface area contributed by atoms with E-state index in [4.69, 9.17) is 24.7 Å². The van der Waals surface area contributed by atoms with Crippen molar-refractivity contribution in [1.82, 2.24) is 5.32 Å². The van der Waals surface area contributed by atoms with Crippen molar-refractivity contribution in [2.75, 3.05) is 21.3 Å². The van der Waals surface area contributed by atoms with E-state index >= 15 is 0 Å². The van der Waals surface area contributed by atoms with E-state index in [0.717, 1.165) is 6.08 Å². The minimum absolute atomic E-state index is 0.0801. The van der Waals surface area contributed by atoms with Crippen LogP contribution in [0.4, 0.5) is 4.79 Å². The Bertz CT molecular complexity index is 1150. The van der Waals surface area contributed by atoms with Crippen LogP contribution in [0.3, 0.4) is 0 Å². The number of nitrogens with one attached hydrogen (secondary N) is 1. The van der Waals surface area contributed by atoms with Crippen LogP contribution in [0.5, 0.6) is 0 Å². The van der Waals surface area contributed by atoms with Gasteiger partial charge < -0.3 is 35.1 Å². The number of fused-ring (bicyclic) bond motifs is 2. The summed E-state index contributed by atoms with van der Waals surface area (Å²) in [4.78, 5) is 50.6. The van der Waals surface area contributed by atoms with Crippen molar-refractivity contribution in [3.8, 4) is 0 Å². The molecule has 1 heterocycles. The number of rotatable bonds is 4. The number of carbonyl (C=O) groups is 4. The zero-order chi connectivity index (χ0) is 30.1. The molecule has 0 radical (unpaired) electrons. The van der Waals surface area contributed by atoms with E-state index in [0.29, 0.717) is 12.0 Å². The maximum atomic E-state index is 13.3. The third-order valence-corrected chi connectivity index (χ3v) is 6.95. The van der Waals surface area contributed by atoms with Gasteiger partial charge in [-0.3, -0.25) is 14.4 Å². The number of Topliss-reactive ketones (excluding diaryl/α,β-unsaturated/α-hetero) is 1. The van der Waals surface area contributed by atoms with Gasteiger partial charge >= 0.3 is 6.09 Å². The Hall–Kier alpha value is -3.54. The van der Waals surface area contributed by atoms with Crippen molar-refractivity contribution in [2.45, 2.75) is 65.0 Å². The number of nitrogens with two attached hydrogens (primary N) is 1. The van der Waals surface area contributed by atoms with Crippen LogP contribution < -0.4 is 11.1 Å². The summed E-state index contributed by atoms with van der Waals surface area (Å²) in [6, 6.07) is 0. The van der Waals surface area contributed by atoms with Crippen molar-refractivity contribution in [1.29, 1.82) is 0 Å². The quantitative estimate of drug-likeness (QED) is 0.346. The van der Waals surface area contributed by atoms with Crippen LogP contribution in [0.25, 0.3) is 0 Å². The monoisotopic (exact) mass is 560 g/mol. The van der Waals surface area contributed by atoms with E-state index in [1.807, 2.05) is 6.92 Å². The maximum Gasteiger partial charge on any atom is 0.405 e. The van der Waals surface area contributed by atoms with Gasteiger partial charge in [-0.05, 0) is 38.2 Å². The molecule has 0 unspecified atom stereocenters. The zero-order valence-corrected chi connectivity index (χ0v) is 24.1. The average Bonchev–Trinajstić information content (AvgIpc) is 2.90. The van der Waals surface area contributed by atoms with Crippen LogP contribution in [0.1, 0.15) is 40.5 Å². The first-order chi connectivity index (χ1) is 18.8. The highest BCUT2D eigenvalue weighted by Crippen LogP contribution is 2.29. The van der Waals surface area contributed by atoms with Gasteiger partial charge in [0.1, 0.15) is 6.10 Å². The summed E-state index contributed by atoms with van der Waals surface area (Å²) in [6.45, 7) is 6.92. The SMILES string of the molecule is COC1=C2C[C@H](C)C[C@H](OC)[C@H](O)[C@@H](C)/C=C(\C)[C@H](OC(N)=O)[C@@H](OC)/C=C\C=C(/C)C(=O)NC(=CC1=O)C2=O. The molecule has 1 aliphatic carbocycles. The molecule has 0 spiro atoms. The van der Waals surface area contributed by atoms with Crippen molar-refractivity contribution in [3.63, 3.8) is 0 Å². The highest BCUT2D eigenvalue weighted by Gasteiger charge is 2.34. The van der Waals surface area contributed by atoms with Gasteiger partial charge in [0.25, 0.3) is 5.91 Å². The second kappa shape index (κ2) is 14.7. The van der Waals surface area contributed by atoms with Gasteiger partial charge in [-0.15, -0.1) is 0 Å². The van der Waals surface area contributed by atoms with Gasteiger partial charge in [-0.1, -0.05) is 38.2 Å². The third kappa shape index (κ3) is 8.23. The molecule has 40 heavy (non-hydrogen) atoms. The number of hydrogen-bond donors (Lipinski definition) is 3. The second-order valence-electron chi connectivity index (χ2n) is 10.1. The summed E-state index contributed by atoms with van der Waals surface area (Å²) in [5, 5.41) is 13.7. The minimum atomic E-state index is -1.00. The number of hydrogen-bond acceptors (Lipinski definition) is 9. The summed E-state index contributed by atoms with van der Waals surface area (Å²) < 4.78 is 21.7. The molecular weight excluding hydrogens is 520 g/mol. The first-order valence-corrected chi connectivity index (χ1v) is 13.0. The first-order valence-electron chi connectivity index (χ1n) is 13.0. The van der Waals surface area contributed by atoms with E-state index in [9.17, 15) is 24.3 Å². The minimum Gasteiger partial charge on any atom is -0.492 e. The lowest BCUT2D eigenvalue weighted by molar-refractivity contribution is -0.120. The van der Waals surface area contributed by atoms with Gasteiger partial charge in [0.05, 0.1) is 25.0 Å². The second-order valence-corrected chi connectivity index (χ2v) is 10.1. The third-order valence-electron chi connectivity index (χ3n) is 6.95. The molecule has 0 saturated carbocycles. The number of amides is 2. The number of primary amides is 1. The number of ketones is 2. The molecule has 0 aromatic rings. The Balaban J connectivity index is 2.60. The largest absolute Gasteiger partial charge is 0.492 e. The van der Waals surface area contributed by atoms with Gasteiger partial charge in [-0.25, -0.2) is 4.79 Å². The van der Waals surface area contributed by atoms with Crippen LogP contribution >= 0.6 is 0 Å². The molecule has 2 amide bonds. The molecule has 220 valence electrons. The number of allylic oxidation sites excluding steroid dienone is 4. The standard InChI is InChI=1S/C29H40N2O9/c1-15-11-19-25(34)20(14-21(32)27(19)39-7)31-28(35)16(2)9-8-10-22(37-5)26(40-29(30)36)18(4)13-17(3)24(33)23(12-15)38-6/h8-10,13-15,17,22-24,26,33H,11-12H2,1-7H3,(H2,30,36)(H,31,35)/b10-8-,16-9+,18-13+/t15-,17-,22-,23-,24+,26-/m0/s1. The van der Waals surface area contributed by atoms with Crippen LogP contribution in [0.15, 0.2) is 58.6 Å². The predicted octanol–water partition coefficient (Wildman–Crippen LogP) is 2.41. The summed E-state index contributed by atoms with van der Waals surface area (Å²) in [7, 11) is 4.21. The Morgan fingerprint density at radius 3 is 2.35 bits per heavy atom. The summed E-state index contributed by atoms with van der Waals surface area (Å²) in [5.74, 6) is -2.39. The van der Waals surface area contributed by atoms with Crippen molar-refractivity contribution < 1.29 is 43.2 Å². The topological polar surface area (TPSA) is 163 Å². The number of aliphatic hydroxyl groups excluding tert-OH is 1.